The molecule has 0 aliphatic rings. The zero-order valence-corrected chi connectivity index (χ0v) is 11.6. The number of hydrogen-bond donors (Lipinski definition) is 0. The molecule has 0 radical (unpaired) electrons. The lowest BCUT2D eigenvalue weighted by atomic mass is 10.1. The van der Waals surface area contributed by atoms with Gasteiger partial charge in [-0.15, -0.1) is 0 Å². The van der Waals surface area contributed by atoms with Gasteiger partial charge in [0.05, 0.1) is 11.7 Å². The highest BCUT2D eigenvalue weighted by molar-refractivity contribution is 5.96. The minimum Gasteiger partial charge on any atom is -0.474 e. The SMILES string of the molecule is CCCCCCC(C)Oc1ncccc1C(C)=O. The van der Waals surface area contributed by atoms with Crippen molar-refractivity contribution < 1.29 is 9.53 Å². The van der Waals surface area contributed by atoms with Crippen LogP contribution in [-0.2, 0) is 0 Å². The number of ether oxygens (including phenoxy) is 1. The van der Waals surface area contributed by atoms with E-state index in [1.54, 1.807) is 18.3 Å². The van der Waals surface area contributed by atoms with Crippen LogP contribution >= 0.6 is 0 Å². The van der Waals surface area contributed by atoms with E-state index in [-0.39, 0.29) is 11.9 Å². The number of Topliss-reactive ketones (excluding diaryl/α,β-unsaturated/α-hetero) is 1. The maximum atomic E-state index is 11.4. The second-order valence-electron chi connectivity index (χ2n) is 4.69. The molecule has 0 amide bonds. The number of ketones is 1. The molecular weight excluding hydrogens is 226 g/mol. The molecule has 1 rings (SSSR count). The van der Waals surface area contributed by atoms with Crippen LogP contribution in [0.25, 0.3) is 0 Å². The van der Waals surface area contributed by atoms with E-state index in [9.17, 15) is 4.79 Å². The summed E-state index contributed by atoms with van der Waals surface area (Å²) in [5.41, 5.74) is 0.568. The minimum absolute atomic E-state index is 0.00344. The molecule has 100 valence electrons. The molecule has 0 N–H and O–H groups in total. The molecule has 1 heterocycles. The Morgan fingerprint density at radius 1 is 1.39 bits per heavy atom. The summed E-state index contributed by atoms with van der Waals surface area (Å²) in [4.78, 5) is 15.6. The van der Waals surface area contributed by atoms with Crippen LogP contribution in [0.15, 0.2) is 18.3 Å². The van der Waals surface area contributed by atoms with Gasteiger partial charge in [-0.1, -0.05) is 26.2 Å². The molecule has 18 heavy (non-hydrogen) atoms. The maximum absolute atomic E-state index is 11.4. The van der Waals surface area contributed by atoms with Crippen molar-refractivity contribution in [1.82, 2.24) is 4.98 Å². The van der Waals surface area contributed by atoms with Crippen molar-refractivity contribution in [3.8, 4) is 5.88 Å². The van der Waals surface area contributed by atoms with E-state index in [1.807, 2.05) is 6.92 Å². The third-order valence-corrected chi connectivity index (χ3v) is 2.93. The quantitative estimate of drug-likeness (QED) is 0.516. The van der Waals surface area contributed by atoms with Gasteiger partial charge in [0.2, 0.25) is 5.88 Å². The predicted octanol–water partition coefficient (Wildman–Crippen LogP) is 4.02. The second kappa shape index (κ2) is 7.85. The summed E-state index contributed by atoms with van der Waals surface area (Å²) in [6, 6.07) is 3.52. The number of pyridine rings is 1. The van der Waals surface area contributed by atoms with Gasteiger partial charge in [0.1, 0.15) is 0 Å². The van der Waals surface area contributed by atoms with Crippen molar-refractivity contribution in [3.63, 3.8) is 0 Å². The summed E-state index contributed by atoms with van der Waals surface area (Å²) in [6.45, 7) is 5.77. The van der Waals surface area contributed by atoms with Crippen molar-refractivity contribution in [2.45, 2.75) is 59.0 Å². The number of rotatable bonds is 8. The lowest BCUT2D eigenvalue weighted by Gasteiger charge is -2.15. The Morgan fingerprint density at radius 3 is 2.83 bits per heavy atom. The third kappa shape index (κ3) is 4.86. The van der Waals surface area contributed by atoms with Crippen molar-refractivity contribution in [1.29, 1.82) is 0 Å². The second-order valence-corrected chi connectivity index (χ2v) is 4.69. The summed E-state index contributed by atoms with van der Waals surface area (Å²) < 4.78 is 5.76. The van der Waals surface area contributed by atoms with Gasteiger partial charge in [-0.25, -0.2) is 4.98 Å². The summed E-state index contributed by atoms with van der Waals surface area (Å²) in [5.74, 6) is 0.462. The molecule has 1 aromatic rings. The normalized spacial score (nSPS) is 12.2. The van der Waals surface area contributed by atoms with E-state index in [4.69, 9.17) is 4.74 Å². The average molecular weight is 249 g/mol. The Morgan fingerprint density at radius 2 is 2.17 bits per heavy atom. The summed E-state index contributed by atoms with van der Waals surface area (Å²) >= 11 is 0. The minimum atomic E-state index is -0.00344. The van der Waals surface area contributed by atoms with Crippen molar-refractivity contribution in [2.75, 3.05) is 0 Å². The summed E-state index contributed by atoms with van der Waals surface area (Å²) in [5, 5.41) is 0. The molecular formula is C15H23NO2. The highest BCUT2D eigenvalue weighted by Crippen LogP contribution is 2.18. The van der Waals surface area contributed by atoms with Crippen LogP contribution < -0.4 is 4.74 Å². The molecule has 1 atom stereocenters. The fourth-order valence-corrected chi connectivity index (χ4v) is 1.86. The van der Waals surface area contributed by atoms with Gasteiger partial charge in [-0.2, -0.15) is 0 Å². The third-order valence-electron chi connectivity index (χ3n) is 2.93. The van der Waals surface area contributed by atoms with Crippen LogP contribution in [0.5, 0.6) is 5.88 Å². The van der Waals surface area contributed by atoms with Gasteiger partial charge >= 0.3 is 0 Å². The standard InChI is InChI=1S/C15H23NO2/c1-4-5-6-7-9-12(2)18-15-14(13(3)17)10-8-11-16-15/h8,10-12H,4-7,9H2,1-3H3. The Bertz CT molecular complexity index is 377. The zero-order chi connectivity index (χ0) is 13.4. The number of nitrogens with zero attached hydrogens (tertiary/aromatic N) is 1. The molecule has 0 aliphatic carbocycles. The van der Waals surface area contributed by atoms with Gasteiger partial charge < -0.3 is 4.74 Å². The molecule has 0 fully saturated rings. The summed E-state index contributed by atoms with van der Waals surface area (Å²) in [7, 11) is 0. The summed E-state index contributed by atoms with van der Waals surface area (Å²) in [6.07, 6.45) is 7.69. The maximum Gasteiger partial charge on any atom is 0.224 e. The monoisotopic (exact) mass is 249 g/mol. The predicted molar refractivity (Wildman–Crippen MR) is 73.1 cm³/mol. The van der Waals surface area contributed by atoms with E-state index in [1.165, 1.54) is 26.2 Å². The van der Waals surface area contributed by atoms with E-state index in [2.05, 4.69) is 11.9 Å². The molecule has 3 heteroatoms. The first kappa shape index (κ1) is 14.7. The van der Waals surface area contributed by atoms with Gasteiger partial charge in [0.15, 0.2) is 5.78 Å². The Labute approximate surface area is 110 Å². The average Bonchev–Trinajstić information content (AvgIpc) is 2.35. The number of unbranched alkanes of at least 4 members (excludes halogenated alkanes) is 3. The van der Waals surface area contributed by atoms with Crippen LogP contribution in [0.1, 0.15) is 63.2 Å². The van der Waals surface area contributed by atoms with Crippen molar-refractivity contribution in [2.24, 2.45) is 0 Å². The fourth-order valence-electron chi connectivity index (χ4n) is 1.86. The smallest absolute Gasteiger partial charge is 0.224 e. The van der Waals surface area contributed by atoms with Gasteiger partial charge in [0, 0.05) is 6.20 Å². The number of hydrogen-bond acceptors (Lipinski definition) is 3. The molecule has 1 aromatic heterocycles. The van der Waals surface area contributed by atoms with E-state index in [0.717, 1.165) is 12.8 Å². The Hall–Kier alpha value is -1.38. The molecule has 0 bridgehead atoms. The molecule has 0 saturated carbocycles. The van der Waals surface area contributed by atoms with E-state index < -0.39 is 0 Å². The highest BCUT2D eigenvalue weighted by Gasteiger charge is 2.12. The van der Waals surface area contributed by atoms with Crippen LogP contribution in [-0.4, -0.2) is 16.9 Å². The zero-order valence-electron chi connectivity index (χ0n) is 11.6. The molecule has 1 unspecified atom stereocenters. The van der Waals surface area contributed by atoms with Gasteiger partial charge in [-0.3, -0.25) is 4.79 Å². The first-order chi connectivity index (χ1) is 8.65. The van der Waals surface area contributed by atoms with Gasteiger partial charge in [-0.05, 0) is 38.8 Å². The van der Waals surface area contributed by atoms with Crippen LogP contribution in [0, 0.1) is 0 Å². The fraction of sp³-hybridized carbons (Fsp3) is 0.600. The first-order valence-electron chi connectivity index (χ1n) is 6.77. The molecule has 0 aliphatic heterocycles. The van der Waals surface area contributed by atoms with Crippen LogP contribution in [0.3, 0.4) is 0 Å². The lowest BCUT2D eigenvalue weighted by Crippen LogP contribution is -2.14. The number of aromatic nitrogens is 1. The first-order valence-corrected chi connectivity index (χ1v) is 6.77. The highest BCUT2D eigenvalue weighted by atomic mass is 16.5. The molecule has 0 aromatic carbocycles. The molecule has 3 nitrogen and oxygen atoms in total. The largest absolute Gasteiger partial charge is 0.474 e. The molecule has 0 saturated heterocycles. The van der Waals surface area contributed by atoms with Gasteiger partial charge in [0.25, 0.3) is 0 Å². The van der Waals surface area contributed by atoms with Crippen LogP contribution in [0.4, 0.5) is 0 Å². The number of carbonyl (C=O) groups is 1. The Kier molecular flexibility index (Phi) is 6.40. The Balaban J connectivity index is 2.48. The van der Waals surface area contributed by atoms with Crippen molar-refractivity contribution >= 4 is 5.78 Å². The lowest BCUT2D eigenvalue weighted by molar-refractivity contribution is 0.100. The van der Waals surface area contributed by atoms with Crippen molar-refractivity contribution in [3.05, 3.63) is 23.9 Å². The van der Waals surface area contributed by atoms with E-state index in [0.29, 0.717) is 11.4 Å². The van der Waals surface area contributed by atoms with E-state index >= 15 is 0 Å². The van der Waals surface area contributed by atoms with Crippen LogP contribution in [0.2, 0.25) is 0 Å². The molecule has 0 spiro atoms. The number of carbonyl (C=O) groups excluding carboxylic acids is 1. The topological polar surface area (TPSA) is 39.2 Å².